The second kappa shape index (κ2) is 7.24. The Kier molecular flexibility index (Phi) is 6.29. The molecule has 1 aromatic heterocycles. The highest BCUT2D eigenvalue weighted by atomic mass is 32.1. The van der Waals surface area contributed by atoms with E-state index >= 15 is 0 Å². The lowest BCUT2D eigenvalue weighted by molar-refractivity contribution is 0.0616. The number of aryl methyl sites for hydroxylation is 1. The Balaban J connectivity index is 2.43. The largest absolute Gasteiger partial charge is 0.382 e. The predicted molar refractivity (Wildman–Crippen MR) is 77.2 cm³/mol. The Hall–Kier alpha value is -0.420. The van der Waals surface area contributed by atoms with Crippen LogP contribution in [0.5, 0.6) is 0 Å². The summed E-state index contributed by atoms with van der Waals surface area (Å²) in [4.78, 5) is 2.71. The summed E-state index contributed by atoms with van der Waals surface area (Å²) in [5, 5.41) is 3.50. The summed E-state index contributed by atoms with van der Waals surface area (Å²) in [5.74, 6) is 0. The summed E-state index contributed by atoms with van der Waals surface area (Å²) in [6.45, 7) is 11.6. The Bertz CT molecular complexity index is 355. The number of ether oxygens (including phenoxy) is 2. The van der Waals surface area contributed by atoms with E-state index in [9.17, 15) is 0 Å². The number of hydrogen-bond acceptors (Lipinski definition) is 4. The van der Waals surface area contributed by atoms with Crippen molar-refractivity contribution in [3.05, 3.63) is 21.4 Å². The van der Waals surface area contributed by atoms with Gasteiger partial charge in [-0.15, -0.1) is 11.3 Å². The van der Waals surface area contributed by atoms with Gasteiger partial charge in [-0.3, -0.25) is 0 Å². The van der Waals surface area contributed by atoms with E-state index in [2.05, 4.69) is 39.1 Å². The van der Waals surface area contributed by atoms with Gasteiger partial charge in [0.1, 0.15) is 0 Å². The molecule has 0 radical (unpaired) electrons. The SMILES string of the molecule is COCCOCc1cc(CNC(C)(C)C)sc1C. The van der Waals surface area contributed by atoms with E-state index in [1.165, 1.54) is 15.3 Å². The first-order valence-corrected chi connectivity index (χ1v) is 7.14. The first kappa shape index (κ1) is 15.6. The van der Waals surface area contributed by atoms with Gasteiger partial charge in [-0.25, -0.2) is 0 Å². The second-order valence-electron chi connectivity index (χ2n) is 5.44. The highest BCUT2D eigenvalue weighted by molar-refractivity contribution is 7.12. The van der Waals surface area contributed by atoms with Gasteiger partial charge in [0.15, 0.2) is 0 Å². The third-order valence-electron chi connectivity index (χ3n) is 2.55. The monoisotopic (exact) mass is 271 g/mol. The summed E-state index contributed by atoms with van der Waals surface area (Å²) in [6.07, 6.45) is 0. The van der Waals surface area contributed by atoms with E-state index in [4.69, 9.17) is 9.47 Å². The molecule has 0 aromatic carbocycles. The van der Waals surface area contributed by atoms with E-state index in [1.54, 1.807) is 7.11 Å². The topological polar surface area (TPSA) is 30.5 Å². The third kappa shape index (κ3) is 5.96. The minimum Gasteiger partial charge on any atom is -0.382 e. The maximum absolute atomic E-state index is 5.56. The molecule has 0 aliphatic heterocycles. The van der Waals surface area contributed by atoms with Crippen molar-refractivity contribution in [3.8, 4) is 0 Å². The van der Waals surface area contributed by atoms with Crippen LogP contribution in [0.1, 0.15) is 36.1 Å². The zero-order valence-electron chi connectivity index (χ0n) is 12.1. The quantitative estimate of drug-likeness (QED) is 0.773. The number of rotatable bonds is 7. The van der Waals surface area contributed by atoms with Gasteiger partial charge >= 0.3 is 0 Å². The number of nitrogens with one attached hydrogen (secondary N) is 1. The lowest BCUT2D eigenvalue weighted by Crippen LogP contribution is -2.34. The Morgan fingerprint density at radius 2 is 2.00 bits per heavy atom. The third-order valence-corrected chi connectivity index (χ3v) is 3.65. The molecule has 0 atom stereocenters. The lowest BCUT2D eigenvalue weighted by Gasteiger charge is -2.19. The van der Waals surface area contributed by atoms with Gasteiger partial charge in [0.25, 0.3) is 0 Å². The van der Waals surface area contributed by atoms with Crippen LogP contribution in [0.15, 0.2) is 6.07 Å². The molecule has 0 spiro atoms. The fraction of sp³-hybridized carbons (Fsp3) is 0.714. The van der Waals surface area contributed by atoms with Gasteiger partial charge < -0.3 is 14.8 Å². The molecule has 1 rings (SSSR count). The Morgan fingerprint density at radius 3 is 2.61 bits per heavy atom. The number of thiophene rings is 1. The normalized spacial score (nSPS) is 12.1. The zero-order valence-corrected chi connectivity index (χ0v) is 12.9. The molecule has 0 aliphatic carbocycles. The summed E-state index contributed by atoms with van der Waals surface area (Å²) >= 11 is 1.85. The van der Waals surface area contributed by atoms with Gasteiger partial charge in [-0.1, -0.05) is 0 Å². The van der Waals surface area contributed by atoms with Crippen LogP contribution in [0.3, 0.4) is 0 Å². The van der Waals surface area contributed by atoms with Crippen LogP contribution in [0, 0.1) is 6.92 Å². The number of hydrogen-bond donors (Lipinski definition) is 1. The first-order chi connectivity index (χ1) is 8.42. The minimum atomic E-state index is 0.160. The van der Waals surface area contributed by atoms with Crippen LogP contribution in [-0.2, 0) is 22.6 Å². The molecule has 0 fully saturated rings. The predicted octanol–water partition coefficient (Wildman–Crippen LogP) is 3.11. The van der Waals surface area contributed by atoms with E-state index in [0.717, 1.165) is 6.54 Å². The average Bonchev–Trinajstić information content (AvgIpc) is 2.62. The molecule has 104 valence electrons. The molecule has 0 aliphatic rings. The van der Waals surface area contributed by atoms with E-state index in [1.807, 2.05) is 11.3 Å². The van der Waals surface area contributed by atoms with Crippen molar-refractivity contribution in [3.63, 3.8) is 0 Å². The average molecular weight is 271 g/mol. The van der Waals surface area contributed by atoms with Crippen LogP contribution in [-0.4, -0.2) is 25.9 Å². The molecule has 3 nitrogen and oxygen atoms in total. The summed E-state index contributed by atoms with van der Waals surface area (Å²) in [6, 6.07) is 2.24. The maximum atomic E-state index is 5.56. The molecule has 0 saturated heterocycles. The van der Waals surface area contributed by atoms with Crippen molar-refractivity contribution >= 4 is 11.3 Å². The number of methoxy groups -OCH3 is 1. The fourth-order valence-electron chi connectivity index (χ4n) is 1.49. The Labute approximate surface area is 114 Å². The van der Waals surface area contributed by atoms with Crippen LogP contribution < -0.4 is 5.32 Å². The van der Waals surface area contributed by atoms with Crippen LogP contribution >= 0.6 is 11.3 Å². The summed E-state index contributed by atoms with van der Waals surface area (Å²) in [7, 11) is 1.69. The minimum absolute atomic E-state index is 0.160. The van der Waals surface area contributed by atoms with Gasteiger partial charge in [0.2, 0.25) is 0 Å². The molecule has 0 saturated carbocycles. The maximum Gasteiger partial charge on any atom is 0.0728 e. The molecule has 1 heterocycles. The van der Waals surface area contributed by atoms with E-state index in [0.29, 0.717) is 19.8 Å². The standard InChI is InChI=1S/C14H25NO2S/c1-11-12(10-17-7-6-16-5)8-13(18-11)9-15-14(2,3)4/h8,15H,6-7,9-10H2,1-5H3. The van der Waals surface area contributed by atoms with Gasteiger partial charge in [0.05, 0.1) is 19.8 Å². The lowest BCUT2D eigenvalue weighted by atomic mass is 10.1. The van der Waals surface area contributed by atoms with E-state index < -0.39 is 0 Å². The van der Waals surface area contributed by atoms with Crippen molar-refractivity contribution in [2.75, 3.05) is 20.3 Å². The van der Waals surface area contributed by atoms with E-state index in [-0.39, 0.29) is 5.54 Å². The van der Waals surface area contributed by atoms with Crippen molar-refractivity contribution in [1.29, 1.82) is 0 Å². The van der Waals surface area contributed by atoms with Crippen molar-refractivity contribution in [2.24, 2.45) is 0 Å². The van der Waals surface area contributed by atoms with Crippen LogP contribution in [0.2, 0.25) is 0 Å². The first-order valence-electron chi connectivity index (χ1n) is 6.32. The van der Waals surface area contributed by atoms with Gasteiger partial charge in [-0.2, -0.15) is 0 Å². The molecule has 0 unspecified atom stereocenters. The molecule has 0 bridgehead atoms. The fourth-order valence-corrected chi connectivity index (χ4v) is 2.48. The smallest absolute Gasteiger partial charge is 0.0728 e. The van der Waals surface area contributed by atoms with Crippen LogP contribution in [0.4, 0.5) is 0 Å². The molecular formula is C14H25NO2S. The van der Waals surface area contributed by atoms with Crippen molar-refractivity contribution in [1.82, 2.24) is 5.32 Å². The van der Waals surface area contributed by atoms with Crippen molar-refractivity contribution < 1.29 is 9.47 Å². The van der Waals surface area contributed by atoms with Gasteiger partial charge in [0, 0.05) is 28.9 Å². The molecule has 0 amide bonds. The zero-order chi connectivity index (χ0) is 13.6. The van der Waals surface area contributed by atoms with Crippen LogP contribution in [0.25, 0.3) is 0 Å². The highest BCUT2D eigenvalue weighted by Crippen LogP contribution is 2.22. The molecule has 1 N–H and O–H groups in total. The Morgan fingerprint density at radius 1 is 1.28 bits per heavy atom. The molecular weight excluding hydrogens is 246 g/mol. The van der Waals surface area contributed by atoms with Crippen molar-refractivity contribution in [2.45, 2.75) is 46.4 Å². The highest BCUT2D eigenvalue weighted by Gasteiger charge is 2.11. The molecule has 4 heteroatoms. The summed E-state index contributed by atoms with van der Waals surface area (Å²) < 4.78 is 10.5. The molecule has 18 heavy (non-hydrogen) atoms. The second-order valence-corrected chi connectivity index (χ2v) is 6.78. The van der Waals surface area contributed by atoms with Gasteiger partial charge in [-0.05, 0) is 39.3 Å². The molecule has 1 aromatic rings. The summed E-state index contributed by atoms with van der Waals surface area (Å²) in [5.41, 5.74) is 1.45.